The van der Waals surface area contributed by atoms with Gasteiger partial charge in [-0.05, 0) is 24.6 Å². The van der Waals surface area contributed by atoms with Gasteiger partial charge in [0.2, 0.25) is 10.0 Å². The predicted molar refractivity (Wildman–Crippen MR) is 91.6 cm³/mol. The molecule has 23 heavy (non-hydrogen) atoms. The Morgan fingerprint density at radius 3 is 2.57 bits per heavy atom. The molecule has 0 aliphatic heterocycles. The van der Waals surface area contributed by atoms with E-state index in [2.05, 4.69) is 21.6 Å². The standard InChI is InChI=1S/C15H24N4O3S/c1-12(2)10-17-15(16)18-11-13-4-6-14(7-5-13)23(20,21)19-8-9-22-3/h4-7,19H,1,8-11H2,2-3H3,(H3,16,17,18). The van der Waals surface area contributed by atoms with Crippen LogP contribution in [0.5, 0.6) is 0 Å². The molecule has 0 atom stereocenters. The summed E-state index contributed by atoms with van der Waals surface area (Å²) in [5.74, 6) is 0.325. The van der Waals surface area contributed by atoms with Gasteiger partial charge in [0.1, 0.15) is 0 Å². The minimum absolute atomic E-state index is 0.203. The molecule has 128 valence electrons. The largest absolute Gasteiger partial charge is 0.383 e. The van der Waals surface area contributed by atoms with Gasteiger partial charge in [0, 0.05) is 20.2 Å². The zero-order valence-corrected chi connectivity index (χ0v) is 14.3. The zero-order valence-electron chi connectivity index (χ0n) is 13.5. The minimum atomic E-state index is -3.51. The van der Waals surface area contributed by atoms with Crippen LogP contribution in [0, 0.1) is 0 Å². The summed E-state index contributed by atoms with van der Waals surface area (Å²) in [5, 5.41) is 2.93. The number of guanidine groups is 1. The lowest BCUT2D eigenvalue weighted by Crippen LogP contribution is -2.32. The molecular weight excluding hydrogens is 316 g/mol. The number of nitrogens with two attached hydrogens (primary N) is 1. The number of nitrogens with one attached hydrogen (secondary N) is 2. The van der Waals surface area contributed by atoms with E-state index in [1.54, 1.807) is 12.1 Å². The maximum atomic E-state index is 12.0. The predicted octanol–water partition coefficient (Wildman–Crippen LogP) is 0.592. The smallest absolute Gasteiger partial charge is 0.240 e. The molecule has 1 aromatic rings. The van der Waals surface area contributed by atoms with Gasteiger partial charge >= 0.3 is 0 Å². The number of aliphatic imine (C=N–C) groups is 1. The van der Waals surface area contributed by atoms with Crippen molar-refractivity contribution in [2.45, 2.75) is 18.4 Å². The van der Waals surface area contributed by atoms with Crippen LogP contribution in [0.15, 0.2) is 46.3 Å². The Hall–Kier alpha value is -1.90. The number of benzene rings is 1. The molecule has 0 fully saturated rings. The second-order valence-corrected chi connectivity index (χ2v) is 6.81. The van der Waals surface area contributed by atoms with Gasteiger partial charge in [-0.25, -0.2) is 18.1 Å². The lowest BCUT2D eigenvalue weighted by atomic mass is 10.2. The van der Waals surface area contributed by atoms with Crippen molar-refractivity contribution in [2.24, 2.45) is 10.7 Å². The maximum absolute atomic E-state index is 12.0. The van der Waals surface area contributed by atoms with Crippen molar-refractivity contribution in [2.75, 3.05) is 26.8 Å². The minimum Gasteiger partial charge on any atom is -0.383 e. The first-order chi connectivity index (χ1) is 10.8. The Kier molecular flexibility index (Phi) is 7.73. The normalized spacial score (nSPS) is 12.2. The average molecular weight is 340 g/mol. The Balaban J connectivity index is 2.62. The van der Waals surface area contributed by atoms with Crippen molar-refractivity contribution < 1.29 is 13.2 Å². The van der Waals surface area contributed by atoms with Crippen LogP contribution in [0.3, 0.4) is 0 Å². The van der Waals surface area contributed by atoms with E-state index in [9.17, 15) is 8.42 Å². The van der Waals surface area contributed by atoms with Crippen LogP contribution >= 0.6 is 0 Å². The Morgan fingerprint density at radius 1 is 1.35 bits per heavy atom. The molecule has 8 heteroatoms. The Labute approximate surface area is 137 Å². The van der Waals surface area contributed by atoms with E-state index in [0.717, 1.165) is 11.1 Å². The number of hydrogen-bond donors (Lipinski definition) is 3. The molecule has 4 N–H and O–H groups in total. The van der Waals surface area contributed by atoms with Crippen molar-refractivity contribution in [3.63, 3.8) is 0 Å². The molecule has 0 aromatic heterocycles. The molecule has 0 radical (unpaired) electrons. The zero-order chi connectivity index (χ0) is 17.3. The first-order valence-electron chi connectivity index (χ1n) is 7.11. The van der Waals surface area contributed by atoms with Crippen LogP contribution in [-0.4, -0.2) is 41.2 Å². The molecule has 7 nitrogen and oxygen atoms in total. The molecule has 0 heterocycles. The van der Waals surface area contributed by atoms with Crippen LogP contribution in [-0.2, 0) is 21.3 Å². The fourth-order valence-electron chi connectivity index (χ4n) is 1.61. The molecule has 0 unspecified atom stereocenters. The highest BCUT2D eigenvalue weighted by atomic mass is 32.2. The van der Waals surface area contributed by atoms with Crippen LogP contribution in [0.1, 0.15) is 12.5 Å². The van der Waals surface area contributed by atoms with Crippen LogP contribution in [0.2, 0.25) is 0 Å². The number of methoxy groups -OCH3 is 1. The van der Waals surface area contributed by atoms with Gasteiger partial charge in [0.15, 0.2) is 5.96 Å². The quantitative estimate of drug-likeness (QED) is 0.264. The summed E-state index contributed by atoms with van der Waals surface area (Å²) >= 11 is 0. The van der Waals surface area contributed by atoms with Crippen molar-refractivity contribution in [3.05, 3.63) is 42.0 Å². The van der Waals surface area contributed by atoms with E-state index in [4.69, 9.17) is 10.5 Å². The molecule has 0 aliphatic carbocycles. The van der Waals surface area contributed by atoms with E-state index in [0.29, 0.717) is 25.7 Å². The third kappa shape index (κ3) is 7.27. The van der Waals surface area contributed by atoms with Gasteiger partial charge in [-0.3, -0.25) is 0 Å². The van der Waals surface area contributed by atoms with Crippen molar-refractivity contribution in [1.29, 1.82) is 0 Å². The summed E-state index contributed by atoms with van der Waals surface area (Å²) in [7, 11) is -2.00. The average Bonchev–Trinajstić information content (AvgIpc) is 2.51. The third-order valence-electron chi connectivity index (χ3n) is 2.84. The van der Waals surface area contributed by atoms with Crippen molar-refractivity contribution in [3.8, 4) is 0 Å². The molecule has 0 saturated carbocycles. The van der Waals surface area contributed by atoms with Crippen LogP contribution in [0.25, 0.3) is 0 Å². The number of sulfonamides is 1. The summed E-state index contributed by atoms with van der Waals surface area (Å²) in [6.45, 7) is 7.14. The number of rotatable bonds is 9. The SMILES string of the molecule is C=C(C)CNC(N)=NCc1ccc(S(=O)(=O)NCCOC)cc1. The highest BCUT2D eigenvalue weighted by molar-refractivity contribution is 7.89. The van der Waals surface area contributed by atoms with Gasteiger partial charge in [-0.2, -0.15) is 0 Å². The van der Waals surface area contributed by atoms with Crippen molar-refractivity contribution in [1.82, 2.24) is 10.0 Å². The summed E-state index contributed by atoms with van der Waals surface area (Å²) in [6.07, 6.45) is 0. The van der Waals surface area contributed by atoms with Crippen LogP contribution in [0.4, 0.5) is 0 Å². The molecular formula is C15H24N4O3S. The molecule has 1 rings (SSSR count). The summed E-state index contributed by atoms with van der Waals surface area (Å²) in [4.78, 5) is 4.38. The maximum Gasteiger partial charge on any atom is 0.240 e. The summed E-state index contributed by atoms with van der Waals surface area (Å²) in [5.41, 5.74) is 7.54. The highest BCUT2D eigenvalue weighted by Crippen LogP contribution is 2.11. The van der Waals surface area contributed by atoms with E-state index < -0.39 is 10.0 Å². The summed E-state index contributed by atoms with van der Waals surface area (Å²) in [6, 6.07) is 6.50. The Morgan fingerprint density at radius 2 is 2.00 bits per heavy atom. The lowest BCUT2D eigenvalue weighted by Gasteiger charge is -2.07. The Bertz CT molecular complexity index is 639. The van der Waals surface area contributed by atoms with Crippen molar-refractivity contribution >= 4 is 16.0 Å². The summed E-state index contributed by atoms with van der Waals surface area (Å²) < 4.78 is 31.3. The molecule has 0 spiro atoms. The first kappa shape index (κ1) is 19.1. The topological polar surface area (TPSA) is 106 Å². The second kappa shape index (κ2) is 9.29. The van der Waals surface area contributed by atoms with Gasteiger partial charge < -0.3 is 15.8 Å². The molecule has 0 aliphatic rings. The second-order valence-electron chi connectivity index (χ2n) is 5.05. The fourth-order valence-corrected chi connectivity index (χ4v) is 2.62. The molecule has 0 amide bonds. The van der Waals surface area contributed by atoms with E-state index in [1.165, 1.54) is 19.2 Å². The monoisotopic (exact) mass is 340 g/mol. The lowest BCUT2D eigenvalue weighted by molar-refractivity contribution is 0.204. The van der Waals surface area contributed by atoms with Gasteiger partial charge in [0.05, 0.1) is 18.0 Å². The first-order valence-corrected chi connectivity index (χ1v) is 8.59. The number of ether oxygens (including phenoxy) is 1. The van der Waals surface area contributed by atoms with Crippen LogP contribution < -0.4 is 15.8 Å². The number of nitrogens with zero attached hydrogens (tertiary/aromatic N) is 1. The van der Waals surface area contributed by atoms with E-state index >= 15 is 0 Å². The van der Waals surface area contributed by atoms with Gasteiger partial charge in [-0.1, -0.05) is 24.3 Å². The molecule has 1 aromatic carbocycles. The highest BCUT2D eigenvalue weighted by Gasteiger charge is 2.12. The van der Waals surface area contributed by atoms with E-state index in [1.807, 2.05) is 6.92 Å². The number of hydrogen-bond acceptors (Lipinski definition) is 4. The van der Waals surface area contributed by atoms with Gasteiger partial charge in [0.25, 0.3) is 0 Å². The molecule has 0 bridgehead atoms. The van der Waals surface area contributed by atoms with E-state index in [-0.39, 0.29) is 11.4 Å². The molecule has 0 saturated heterocycles. The fraction of sp³-hybridized carbons (Fsp3) is 0.400. The third-order valence-corrected chi connectivity index (χ3v) is 4.31. The van der Waals surface area contributed by atoms with Gasteiger partial charge in [-0.15, -0.1) is 0 Å².